The van der Waals surface area contributed by atoms with Crippen LogP contribution in [0.5, 0.6) is 0 Å². The number of ether oxygens (including phenoxy) is 1. The number of hydrogen-bond donors (Lipinski definition) is 0. The number of aromatic nitrogens is 2. The van der Waals surface area contributed by atoms with Crippen LogP contribution in [0.3, 0.4) is 0 Å². The van der Waals surface area contributed by atoms with Gasteiger partial charge in [-0.3, -0.25) is 0 Å². The van der Waals surface area contributed by atoms with Gasteiger partial charge in [-0.15, -0.1) is 12.4 Å². The zero-order valence-electron chi connectivity index (χ0n) is 11.8. The van der Waals surface area contributed by atoms with Gasteiger partial charge in [0.1, 0.15) is 11.9 Å². The molecule has 22 heavy (non-hydrogen) atoms. The smallest absolute Gasteiger partial charge is 0.180 e. The van der Waals surface area contributed by atoms with Crippen molar-refractivity contribution < 1.29 is 9.47 Å². The molecule has 3 rings (SSSR count). The Morgan fingerprint density at radius 3 is 2.55 bits per heavy atom. The van der Waals surface area contributed by atoms with Gasteiger partial charge in [-0.05, 0) is 11.6 Å². The number of hydrogen-bond acceptors (Lipinski definition) is 5. The molecule has 0 spiro atoms. The Morgan fingerprint density at radius 2 is 1.91 bits per heavy atom. The lowest BCUT2D eigenvalue weighted by Crippen LogP contribution is -2.37. The van der Waals surface area contributed by atoms with Crippen LogP contribution in [0.15, 0.2) is 36.8 Å². The number of pyridine rings is 2. The number of halogens is 1. The van der Waals surface area contributed by atoms with E-state index in [-0.39, 0.29) is 12.4 Å². The summed E-state index contributed by atoms with van der Waals surface area (Å²) in [5.74, 6) is 0.694. The third-order valence-electron chi connectivity index (χ3n) is 3.43. The monoisotopic (exact) mass is 318 g/mol. The van der Waals surface area contributed by atoms with Gasteiger partial charge in [-0.25, -0.2) is 4.98 Å². The van der Waals surface area contributed by atoms with Gasteiger partial charge in [0.2, 0.25) is 0 Å². The quantitative estimate of drug-likeness (QED) is 0.619. The Kier molecular flexibility index (Phi) is 5.15. The average molecular weight is 319 g/mol. The van der Waals surface area contributed by atoms with Gasteiger partial charge in [0, 0.05) is 37.0 Å². The second-order valence-corrected chi connectivity index (χ2v) is 4.75. The van der Waals surface area contributed by atoms with Crippen LogP contribution in [0.25, 0.3) is 11.1 Å². The third kappa shape index (κ3) is 3.27. The van der Waals surface area contributed by atoms with Crippen molar-refractivity contribution in [2.24, 2.45) is 0 Å². The molecule has 3 heterocycles. The van der Waals surface area contributed by atoms with E-state index in [9.17, 15) is 10.5 Å². The highest BCUT2D eigenvalue weighted by molar-refractivity contribution is 5.85. The highest BCUT2D eigenvalue weighted by Gasteiger charge is 2.17. The largest absolute Gasteiger partial charge is 0.619 e. The summed E-state index contributed by atoms with van der Waals surface area (Å²) in [6, 6.07) is 7.43. The minimum atomic E-state index is 0. The summed E-state index contributed by atoms with van der Waals surface area (Å²) >= 11 is 0. The van der Waals surface area contributed by atoms with Crippen molar-refractivity contribution in [1.82, 2.24) is 4.98 Å². The Balaban J connectivity index is 0.00000176. The van der Waals surface area contributed by atoms with Gasteiger partial charge in [-0.1, -0.05) is 0 Å². The Hall–Kier alpha value is -2.36. The van der Waals surface area contributed by atoms with Crippen LogP contribution in [-0.4, -0.2) is 31.3 Å². The maximum atomic E-state index is 11.1. The molecule has 2 aromatic heterocycles. The molecule has 6 nitrogen and oxygen atoms in total. The highest BCUT2D eigenvalue weighted by atomic mass is 35.5. The molecule has 0 saturated carbocycles. The average Bonchev–Trinajstić information content (AvgIpc) is 2.56. The zero-order chi connectivity index (χ0) is 14.7. The van der Waals surface area contributed by atoms with Gasteiger partial charge in [-0.2, -0.15) is 9.99 Å². The topological polar surface area (TPSA) is 76.1 Å². The zero-order valence-corrected chi connectivity index (χ0v) is 12.6. The van der Waals surface area contributed by atoms with Crippen LogP contribution in [0, 0.1) is 16.5 Å². The molecular formula is C15H15ClN4O2. The minimum Gasteiger partial charge on any atom is -0.619 e. The second-order valence-electron chi connectivity index (χ2n) is 4.75. The van der Waals surface area contributed by atoms with Crippen molar-refractivity contribution in [1.29, 1.82) is 5.26 Å². The van der Waals surface area contributed by atoms with E-state index < -0.39 is 0 Å². The van der Waals surface area contributed by atoms with Crippen molar-refractivity contribution in [3.63, 3.8) is 0 Å². The summed E-state index contributed by atoms with van der Waals surface area (Å²) in [6.07, 6.45) is 4.59. The van der Waals surface area contributed by atoms with Crippen LogP contribution in [-0.2, 0) is 4.74 Å². The molecule has 1 fully saturated rings. The van der Waals surface area contributed by atoms with E-state index in [1.165, 1.54) is 12.4 Å². The first-order chi connectivity index (χ1) is 10.3. The van der Waals surface area contributed by atoms with Gasteiger partial charge < -0.3 is 14.8 Å². The fourth-order valence-corrected chi connectivity index (χ4v) is 2.33. The molecule has 114 valence electrons. The molecule has 1 aliphatic rings. The maximum absolute atomic E-state index is 11.1. The molecule has 1 aliphatic heterocycles. The first-order valence-corrected chi connectivity index (χ1v) is 6.70. The van der Waals surface area contributed by atoms with Gasteiger partial charge >= 0.3 is 0 Å². The molecule has 1 saturated heterocycles. The van der Waals surface area contributed by atoms with E-state index in [2.05, 4.69) is 16.0 Å². The van der Waals surface area contributed by atoms with Gasteiger partial charge in [0.25, 0.3) is 0 Å². The number of anilines is 1. The van der Waals surface area contributed by atoms with Crippen LogP contribution in [0.4, 0.5) is 5.82 Å². The molecule has 0 aromatic carbocycles. The summed E-state index contributed by atoms with van der Waals surface area (Å²) in [4.78, 5) is 6.49. The predicted octanol–water partition coefficient (Wildman–Crippen LogP) is 1.51. The standard InChI is InChI=1S/C15H14N4O2.ClH/c16-10-13-9-14(12-1-3-19(20)4-2-12)11-17-15(13)18-5-7-21-8-6-18;/h1-4,9,11H,5-8H2;1H. The third-order valence-corrected chi connectivity index (χ3v) is 3.43. The molecule has 0 amide bonds. The second kappa shape index (κ2) is 7.07. The van der Waals surface area contributed by atoms with Gasteiger partial charge in [0.15, 0.2) is 12.4 Å². The maximum Gasteiger partial charge on any atom is 0.180 e. The minimum absolute atomic E-state index is 0. The van der Waals surface area contributed by atoms with Crippen molar-refractivity contribution >= 4 is 18.2 Å². The molecule has 0 atom stereocenters. The van der Waals surface area contributed by atoms with E-state index in [1.807, 2.05) is 6.07 Å². The first kappa shape index (κ1) is 16.0. The van der Waals surface area contributed by atoms with E-state index >= 15 is 0 Å². The van der Waals surface area contributed by atoms with E-state index in [0.29, 0.717) is 24.6 Å². The van der Waals surface area contributed by atoms with Crippen molar-refractivity contribution in [3.8, 4) is 17.2 Å². The Bertz CT molecular complexity index is 679. The number of morpholine rings is 1. The summed E-state index contributed by atoms with van der Waals surface area (Å²) in [5.41, 5.74) is 2.22. The fourth-order valence-electron chi connectivity index (χ4n) is 2.33. The van der Waals surface area contributed by atoms with E-state index in [4.69, 9.17) is 4.74 Å². The lowest BCUT2D eigenvalue weighted by Gasteiger charge is -2.28. The van der Waals surface area contributed by atoms with Crippen molar-refractivity contribution in [2.75, 3.05) is 31.2 Å². The fraction of sp³-hybridized carbons (Fsp3) is 0.267. The Morgan fingerprint density at radius 1 is 1.23 bits per heavy atom. The van der Waals surface area contributed by atoms with Crippen LogP contribution in [0.2, 0.25) is 0 Å². The SMILES string of the molecule is Cl.N#Cc1cc(-c2cc[n+]([O-])cc2)cnc1N1CCOCC1. The molecular weight excluding hydrogens is 304 g/mol. The Labute approximate surface area is 134 Å². The molecule has 0 N–H and O–H groups in total. The molecule has 0 unspecified atom stereocenters. The molecule has 7 heteroatoms. The molecule has 2 aromatic rings. The van der Waals surface area contributed by atoms with E-state index in [1.54, 1.807) is 18.3 Å². The lowest BCUT2D eigenvalue weighted by molar-refractivity contribution is -0.605. The number of nitriles is 1. The summed E-state index contributed by atoms with van der Waals surface area (Å²) in [7, 11) is 0. The lowest BCUT2D eigenvalue weighted by atomic mass is 10.1. The van der Waals surface area contributed by atoms with Crippen molar-refractivity contribution in [3.05, 3.63) is 47.6 Å². The summed E-state index contributed by atoms with van der Waals surface area (Å²) in [6.45, 7) is 2.78. The summed E-state index contributed by atoms with van der Waals surface area (Å²) in [5, 5.41) is 20.4. The van der Waals surface area contributed by atoms with Crippen LogP contribution in [0.1, 0.15) is 5.56 Å². The summed E-state index contributed by atoms with van der Waals surface area (Å²) < 4.78 is 6.04. The first-order valence-electron chi connectivity index (χ1n) is 6.70. The van der Waals surface area contributed by atoms with Crippen molar-refractivity contribution in [2.45, 2.75) is 0 Å². The normalized spacial score (nSPS) is 14.0. The van der Waals surface area contributed by atoms with Crippen LogP contribution < -0.4 is 9.63 Å². The van der Waals surface area contributed by atoms with Crippen LogP contribution >= 0.6 is 12.4 Å². The number of rotatable bonds is 2. The van der Waals surface area contributed by atoms with Gasteiger partial charge in [0.05, 0.1) is 18.8 Å². The molecule has 0 bridgehead atoms. The molecule has 0 aliphatic carbocycles. The predicted molar refractivity (Wildman–Crippen MR) is 83.6 cm³/mol. The molecule has 0 radical (unpaired) electrons. The van der Waals surface area contributed by atoms with E-state index in [0.717, 1.165) is 28.9 Å². The highest BCUT2D eigenvalue weighted by Crippen LogP contribution is 2.24. The number of nitrogens with zero attached hydrogens (tertiary/aromatic N) is 4.